The Labute approximate surface area is 150 Å². The maximum Gasteiger partial charge on any atom is 0.344 e. The quantitative estimate of drug-likeness (QED) is 0.541. The first-order valence-corrected chi connectivity index (χ1v) is 9.21. The molecule has 0 heterocycles. The average molecular weight is 350 g/mol. The predicted octanol–water partition coefficient (Wildman–Crippen LogP) is 3.56. The molecule has 0 aliphatic heterocycles. The zero-order chi connectivity index (χ0) is 18.5. The van der Waals surface area contributed by atoms with E-state index in [9.17, 15) is 9.59 Å². The van der Waals surface area contributed by atoms with E-state index in [4.69, 9.17) is 14.2 Å². The summed E-state index contributed by atoms with van der Waals surface area (Å²) in [6.07, 6.45) is 5.70. The van der Waals surface area contributed by atoms with E-state index in [-0.39, 0.29) is 28.6 Å². The van der Waals surface area contributed by atoms with Gasteiger partial charge in [0.25, 0.3) is 0 Å². The molecule has 4 fully saturated rings. The summed E-state index contributed by atoms with van der Waals surface area (Å²) in [7, 11) is 0. The molecule has 25 heavy (non-hydrogen) atoms. The molecule has 4 bridgehead atoms. The third-order valence-electron chi connectivity index (χ3n) is 5.94. The van der Waals surface area contributed by atoms with E-state index in [0.717, 1.165) is 38.5 Å². The second-order valence-electron chi connectivity index (χ2n) is 9.31. The summed E-state index contributed by atoms with van der Waals surface area (Å²) in [5, 5.41) is 0. The van der Waals surface area contributed by atoms with E-state index >= 15 is 0 Å². The van der Waals surface area contributed by atoms with Crippen LogP contribution in [0.4, 0.5) is 0 Å². The largest absolute Gasteiger partial charge is 0.456 e. The molecule has 4 saturated carbocycles. The first-order valence-electron chi connectivity index (χ1n) is 9.21. The smallest absolute Gasteiger partial charge is 0.344 e. The topological polar surface area (TPSA) is 61.8 Å². The first kappa shape index (κ1) is 18.4. The fraction of sp³-hybridized carbons (Fsp3) is 0.800. The molecule has 0 aromatic carbocycles. The van der Waals surface area contributed by atoms with Gasteiger partial charge in [0.2, 0.25) is 0 Å². The molecule has 0 radical (unpaired) electrons. The Morgan fingerprint density at radius 2 is 1.52 bits per heavy atom. The molecule has 0 aromatic heterocycles. The van der Waals surface area contributed by atoms with Crippen LogP contribution in [0.2, 0.25) is 0 Å². The molecular weight excluding hydrogens is 320 g/mol. The Morgan fingerprint density at radius 1 is 0.960 bits per heavy atom. The van der Waals surface area contributed by atoms with Crippen molar-refractivity contribution >= 4 is 11.9 Å². The second-order valence-corrected chi connectivity index (χ2v) is 9.31. The Balaban J connectivity index is 1.75. The average Bonchev–Trinajstić information content (AvgIpc) is 2.39. The van der Waals surface area contributed by atoms with Crippen molar-refractivity contribution in [3.63, 3.8) is 0 Å². The number of hydrogen-bond donors (Lipinski definition) is 0. The molecule has 140 valence electrons. The van der Waals surface area contributed by atoms with E-state index in [1.165, 1.54) is 0 Å². The summed E-state index contributed by atoms with van der Waals surface area (Å²) >= 11 is 0. The number of ether oxygens (including phenoxy) is 3. The highest BCUT2D eigenvalue weighted by Crippen LogP contribution is 2.69. The summed E-state index contributed by atoms with van der Waals surface area (Å²) in [6.45, 7) is 12.0. The van der Waals surface area contributed by atoms with Crippen LogP contribution in [0.5, 0.6) is 0 Å². The molecule has 4 aliphatic rings. The van der Waals surface area contributed by atoms with E-state index in [0.29, 0.717) is 6.61 Å². The van der Waals surface area contributed by atoms with Gasteiger partial charge in [-0.3, -0.25) is 0 Å². The molecule has 5 heteroatoms. The minimum Gasteiger partial charge on any atom is -0.456 e. The van der Waals surface area contributed by atoms with Crippen LogP contribution in [0.15, 0.2) is 12.2 Å². The highest BCUT2D eigenvalue weighted by Gasteiger charge is 2.67. The first-order chi connectivity index (χ1) is 11.5. The van der Waals surface area contributed by atoms with E-state index in [1.807, 2.05) is 6.92 Å². The fourth-order valence-electron chi connectivity index (χ4n) is 6.56. The van der Waals surface area contributed by atoms with Crippen molar-refractivity contribution in [1.29, 1.82) is 0 Å². The van der Waals surface area contributed by atoms with Crippen LogP contribution in [-0.4, -0.2) is 36.4 Å². The molecule has 0 spiro atoms. The summed E-state index contributed by atoms with van der Waals surface area (Å²) in [5.41, 5.74) is -0.152. The van der Waals surface area contributed by atoms with Crippen LogP contribution < -0.4 is 0 Å². The highest BCUT2D eigenvalue weighted by molar-refractivity contribution is 5.88. The van der Waals surface area contributed by atoms with Gasteiger partial charge in [-0.1, -0.05) is 20.4 Å². The lowest BCUT2D eigenvalue weighted by atomic mass is 9.42. The molecule has 2 unspecified atom stereocenters. The Bertz CT molecular complexity index is 589. The van der Waals surface area contributed by atoms with Crippen molar-refractivity contribution in [3.05, 3.63) is 12.2 Å². The third-order valence-corrected chi connectivity index (χ3v) is 5.94. The minimum absolute atomic E-state index is 0.132. The number of esters is 2. The normalized spacial score (nSPS) is 41.4. The van der Waals surface area contributed by atoms with Crippen molar-refractivity contribution in [2.45, 2.75) is 77.4 Å². The van der Waals surface area contributed by atoms with Crippen LogP contribution in [0, 0.1) is 10.8 Å². The lowest BCUT2D eigenvalue weighted by Crippen LogP contribution is -2.67. The van der Waals surface area contributed by atoms with Crippen molar-refractivity contribution < 1.29 is 23.8 Å². The van der Waals surface area contributed by atoms with E-state index in [1.54, 1.807) is 6.92 Å². The summed E-state index contributed by atoms with van der Waals surface area (Å²) < 4.78 is 17.1. The summed E-state index contributed by atoms with van der Waals surface area (Å²) in [4.78, 5) is 23.9. The standard InChI is InChI=1S/C20H30O5/c1-6-24-19-9-17(4)8-18(5,10-19)12-20(11-17,13-19)25-15(21)7-23-16(22)14(2)3/h2,6-13H2,1,3-5H3. The lowest BCUT2D eigenvalue weighted by molar-refractivity contribution is -0.273. The molecule has 0 saturated heterocycles. The van der Waals surface area contributed by atoms with Gasteiger partial charge in [0.15, 0.2) is 6.61 Å². The van der Waals surface area contributed by atoms with E-state index in [2.05, 4.69) is 20.4 Å². The van der Waals surface area contributed by atoms with Crippen molar-refractivity contribution in [2.24, 2.45) is 10.8 Å². The van der Waals surface area contributed by atoms with Gasteiger partial charge in [-0.2, -0.15) is 0 Å². The summed E-state index contributed by atoms with van der Waals surface area (Å²) in [6, 6.07) is 0. The van der Waals surface area contributed by atoms with Crippen LogP contribution in [0.3, 0.4) is 0 Å². The Morgan fingerprint density at radius 3 is 2.04 bits per heavy atom. The maximum absolute atomic E-state index is 12.4. The predicted molar refractivity (Wildman–Crippen MR) is 92.9 cm³/mol. The lowest BCUT2D eigenvalue weighted by Gasteiger charge is -2.68. The van der Waals surface area contributed by atoms with Crippen molar-refractivity contribution in [2.75, 3.05) is 13.2 Å². The molecule has 0 amide bonds. The Kier molecular flexibility index (Phi) is 4.30. The van der Waals surface area contributed by atoms with Gasteiger partial charge in [-0.05, 0) is 56.8 Å². The zero-order valence-corrected chi connectivity index (χ0v) is 15.9. The zero-order valence-electron chi connectivity index (χ0n) is 15.9. The number of carbonyl (C=O) groups is 2. The van der Waals surface area contributed by atoms with Gasteiger partial charge < -0.3 is 14.2 Å². The summed E-state index contributed by atoms with van der Waals surface area (Å²) in [5.74, 6) is -1.04. The monoisotopic (exact) mass is 350 g/mol. The van der Waals surface area contributed by atoms with Gasteiger partial charge in [0.1, 0.15) is 5.60 Å². The molecule has 4 aliphatic carbocycles. The second kappa shape index (κ2) is 5.83. The van der Waals surface area contributed by atoms with Gasteiger partial charge in [-0.25, -0.2) is 9.59 Å². The number of carbonyl (C=O) groups excluding carboxylic acids is 2. The fourth-order valence-corrected chi connectivity index (χ4v) is 6.56. The number of rotatable bonds is 6. The van der Waals surface area contributed by atoms with Crippen LogP contribution >= 0.6 is 0 Å². The molecule has 5 nitrogen and oxygen atoms in total. The minimum atomic E-state index is -0.563. The third kappa shape index (κ3) is 3.48. The van der Waals surface area contributed by atoms with Crippen LogP contribution in [0.1, 0.15) is 66.2 Å². The van der Waals surface area contributed by atoms with Crippen molar-refractivity contribution in [1.82, 2.24) is 0 Å². The highest BCUT2D eigenvalue weighted by atomic mass is 16.6. The molecule has 2 atom stereocenters. The maximum atomic E-state index is 12.4. The van der Waals surface area contributed by atoms with Crippen LogP contribution in [-0.2, 0) is 23.8 Å². The molecular formula is C20H30O5. The molecule has 0 aromatic rings. The van der Waals surface area contributed by atoms with Crippen LogP contribution in [0.25, 0.3) is 0 Å². The molecule has 0 N–H and O–H groups in total. The molecule has 4 rings (SSSR count). The SMILES string of the molecule is C=C(C)C(=O)OCC(=O)OC12CC3(C)CC(C)(CC(OCC)(C3)C1)C2. The van der Waals surface area contributed by atoms with Gasteiger partial charge in [-0.15, -0.1) is 0 Å². The van der Waals surface area contributed by atoms with Crippen molar-refractivity contribution in [3.8, 4) is 0 Å². The number of hydrogen-bond acceptors (Lipinski definition) is 5. The van der Waals surface area contributed by atoms with Gasteiger partial charge in [0.05, 0.1) is 5.60 Å². The van der Waals surface area contributed by atoms with E-state index < -0.39 is 17.5 Å². The van der Waals surface area contributed by atoms with Gasteiger partial charge in [0, 0.05) is 18.6 Å². The van der Waals surface area contributed by atoms with Gasteiger partial charge >= 0.3 is 11.9 Å². The Hall–Kier alpha value is -1.36.